The molecule has 0 heterocycles. The van der Waals surface area contributed by atoms with Crippen molar-refractivity contribution in [1.29, 1.82) is 0 Å². The first kappa shape index (κ1) is 15.9. The third-order valence-electron chi connectivity index (χ3n) is 3.68. The smallest absolute Gasteiger partial charge is 0.306 e. The summed E-state index contributed by atoms with van der Waals surface area (Å²) in [4.78, 5) is 24.6. The summed E-state index contributed by atoms with van der Waals surface area (Å²) in [5.41, 5.74) is 1.69. The molecule has 0 aliphatic carbocycles. The van der Waals surface area contributed by atoms with Crippen molar-refractivity contribution in [2.45, 2.75) is 32.7 Å². The van der Waals surface area contributed by atoms with E-state index in [9.17, 15) is 14.9 Å². The van der Waals surface area contributed by atoms with Gasteiger partial charge >= 0.3 is 5.69 Å². The minimum atomic E-state index is -0.602. The van der Waals surface area contributed by atoms with Gasteiger partial charge in [0.2, 0.25) is 0 Å². The molecule has 0 saturated carbocycles. The fraction of sp³-hybridized carbons (Fsp3) is 0.462. The summed E-state index contributed by atoms with van der Waals surface area (Å²) in [5.74, 6) is 4.86. The Morgan fingerprint density at radius 1 is 1.50 bits per heavy atom. The van der Waals surface area contributed by atoms with E-state index in [1.54, 1.807) is 13.1 Å². The van der Waals surface area contributed by atoms with Crippen molar-refractivity contribution in [1.82, 2.24) is 4.90 Å². The number of nitrogens with zero attached hydrogens (tertiary/aromatic N) is 2. The topological polar surface area (TPSA) is 102 Å². The number of para-hydroxylation sites is 1. The number of hydrogen-bond donors (Lipinski definition) is 2. The fourth-order valence-electron chi connectivity index (χ4n) is 1.72. The van der Waals surface area contributed by atoms with Crippen LogP contribution in [0.25, 0.3) is 0 Å². The first-order chi connectivity index (χ1) is 9.26. The maximum Gasteiger partial charge on any atom is 0.306 e. The van der Waals surface area contributed by atoms with Gasteiger partial charge in [0, 0.05) is 12.6 Å². The summed E-state index contributed by atoms with van der Waals surface area (Å²) >= 11 is 0. The Bertz CT molecular complexity index is 528. The standard InChI is InChI=1S/C13H20N4O3/c1-5-13(2,3)16(4)12(18)9-7-6-8-10(15-14)11(9)17(19)20/h6-8,15H,5,14H2,1-4H3. The third kappa shape index (κ3) is 2.88. The Labute approximate surface area is 117 Å². The first-order valence-corrected chi connectivity index (χ1v) is 6.28. The molecule has 1 amide bonds. The fourth-order valence-corrected chi connectivity index (χ4v) is 1.72. The molecular formula is C13H20N4O3. The number of nitrogen functional groups attached to an aromatic ring is 1. The number of nitrogens with one attached hydrogen (secondary N) is 1. The molecule has 20 heavy (non-hydrogen) atoms. The molecule has 0 aliphatic heterocycles. The summed E-state index contributed by atoms with van der Waals surface area (Å²) in [5, 5.41) is 11.2. The molecule has 0 spiro atoms. The molecule has 110 valence electrons. The second-order valence-corrected chi connectivity index (χ2v) is 5.13. The van der Waals surface area contributed by atoms with Crippen molar-refractivity contribution >= 4 is 17.3 Å². The molecule has 7 heteroatoms. The van der Waals surface area contributed by atoms with Crippen LogP contribution in [0.1, 0.15) is 37.6 Å². The molecule has 0 bridgehead atoms. The lowest BCUT2D eigenvalue weighted by Gasteiger charge is -2.34. The lowest BCUT2D eigenvalue weighted by atomic mass is 9.98. The molecule has 1 aromatic rings. The number of carbonyl (C=O) groups excluding carboxylic acids is 1. The highest BCUT2D eigenvalue weighted by Gasteiger charge is 2.32. The second-order valence-electron chi connectivity index (χ2n) is 5.13. The van der Waals surface area contributed by atoms with Crippen molar-refractivity contribution in [2.24, 2.45) is 5.84 Å². The number of hydrogen-bond acceptors (Lipinski definition) is 5. The molecule has 3 N–H and O–H groups in total. The summed E-state index contributed by atoms with van der Waals surface area (Å²) in [7, 11) is 1.64. The lowest BCUT2D eigenvalue weighted by Crippen LogP contribution is -2.44. The molecule has 0 atom stereocenters. The van der Waals surface area contributed by atoms with Gasteiger partial charge < -0.3 is 10.3 Å². The molecule has 0 radical (unpaired) electrons. The van der Waals surface area contributed by atoms with E-state index in [0.717, 1.165) is 6.42 Å². The number of anilines is 1. The molecular weight excluding hydrogens is 260 g/mol. The number of benzene rings is 1. The van der Waals surface area contributed by atoms with Crippen LogP contribution in [0.4, 0.5) is 11.4 Å². The van der Waals surface area contributed by atoms with Gasteiger partial charge in [-0.05, 0) is 32.4 Å². The van der Waals surface area contributed by atoms with Gasteiger partial charge in [-0.3, -0.25) is 20.8 Å². The summed E-state index contributed by atoms with van der Waals surface area (Å²) < 4.78 is 0. The zero-order chi connectivity index (χ0) is 15.5. The predicted octanol–water partition coefficient (Wildman–Crippen LogP) is 2.14. The van der Waals surface area contributed by atoms with Crippen LogP contribution in [0.15, 0.2) is 18.2 Å². The normalized spacial score (nSPS) is 11.1. The Kier molecular flexibility index (Phi) is 4.67. The molecule has 0 saturated heterocycles. The van der Waals surface area contributed by atoms with E-state index in [-0.39, 0.29) is 16.9 Å². The van der Waals surface area contributed by atoms with Crippen LogP contribution in [0.5, 0.6) is 0 Å². The van der Waals surface area contributed by atoms with Crippen LogP contribution >= 0.6 is 0 Å². The van der Waals surface area contributed by atoms with Crippen molar-refractivity contribution in [3.05, 3.63) is 33.9 Å². The highest BCUT2D eigenvalue weighted by molar-refractivity contribution is 6.00. The Hall–Kier alpha value is -2.15. The SMILES string of the molecule is CCC(C)(C)N(C)C(=O)c1cccc(NN)c1[N+](=O)[O-]. The lowest BCUT2D eigenvalue weighted by molar-refractivity contribution is -0.384. The van der Waals surface area contributed by atoms with Crippen LogP contribution in [-0.2, 0) is 0 Å². The van der Waals surface area contributed by atoms with Gasteiger partial charge in [-0.15, -0.1) is 0 Å². The number of carbonyl (C=O) groups is 1. The second kappa shape index (κ2) is 5.87. The average Bonchev–Trinajstić information content (AvgIpc) is 2.44. The van der Waals surface area contributed by atoms with E-state index in [4.69, 9.17) is 5.84 Å². The van der Waals surface area contributed by atoms with Gasteiger partial charge in [-0.1, -0.05) is 13.0 Å². The average molecular weight is 280 g/mol. The van der Waals surface area contributed by atoms with Gasteiger partial charge in [0.1, 0.15) is 11.3 Å². The Balaban J connectivity index is 3.33. The maximum absolute atomic E-state index is 12.5. The largest absolute Gasteiger partial charge is 0.336 e. The summed E-state index contributed by atoms with van der Waals surface area (Å²) in [6.07, 6.45) is 0.734. The molecule has 1 rings (SSSR count). The van der Waals surface area contributed by atoms with Gasteiger partial charge in [-0.25, -0.2) is 0 Å². The minimum absolute atomic E-state index is 0.0227. The van der Waals surface area contributed by atoms with Crippen molar-refractivity contribution in [3.63, 3.8) is 0 Å². The van der Waals surface area contributed by atoms with Crippen LogP contribution in [0, 0.1) is 10.1 Å². The highest BCUT2D eigenvalue weighted by atomic mass is 16.6. The van der Waals surface area contributed by atoms with Crippen molar-refractivity contribution < 1.29 is 9.72 Å². The number of nitro benzene ring substituents is 1. The van der Waals surface area contributed by atoms with Gasteiger partial charge in [-0.2, -0.15) is 0 Å². The number of hydrazine groups is 1. The predicted molar refractivity (Wildman–Crippen MR) is 77.4 cm³/mol. The van der Waals surface area contributed by atoms with Crippen molar-refractivity contribution in [2.75, 3.05) is 12.5 Å². The highest BCUT2D eigenvalue weighted by Crippen LogP contribution is 2.30. The monoisotopic (exact) mass is 280 g/mol. The van der Waals surface area contributed by atoms with E-state index in [1.165, 1.54) is 17.0 Å². The van der Waals surface area contributed by atoms with Gasteiger partial charge in [0.25, 0.3) is 5.91 Å². The van der Waals surface area contributed by atoms with Crippen molar-refractivity contribution in [3.8, 4) is 0 Å². The van der Waals surface area contributed by atoms with E-state index < -0.39 is 16.4 Å². The number of amides is 1. The molecule has 0 aliphatic rings. The Morgan fingerprint density at radius 2 is 2.10 bits per heavy atom. The summed E-state index contributed by atoms with van der Waals surface area (Å²) in [6.45, 7) is 5.76. The zero-order valence-electron chi connectivity index (χ0n) is 12.1. The number of nitrogens with two attached hydrogens (primary N) is 1. The minimum Gasteiger partial charge on any atom is -0.336 e. The molecule has 0 fully saturated rings. The molecule has 0 unspecified atom stereocenters. The quantitative estimate of drug-likeness (QED) is 0.489. The van der Waals surface area contributed by atoms with Gasteiger partial charge in [0.05, 0.1) is 4.92 Å². The van der Waals surface area contributed by atoms with Crippen LogP contribution < -0.4 is 11.3 Å². The van der Waals surface area contributed by atoms with E-state index in [2.05, 4.69) is 5.43 Å². The van der Waals surface area contributed by atoms with E-state index in [0.29, 0.717) is 0 Å². The zero-order valence-corrected chi connectivity index (χ0v) is 12.1. The molecule has 1 aromatic carbocycles. The van der Waals surface area contributed by atoms with E-state index >= 15 is 0 Å². The Morgan fingerprint density at radius 3 is 2.55 bits per heavy atom. The number of rotatable bonds is 5. The number of nitro groups is 1. The third-order valence-corrected chi connectivity index (χ3v) is 3.68. The molecule has 0 aromatic heterocycles. The maximum atomic E-state index is 12.5. The first-order valence-electron chi connectivity index (χ1n) is 6.28. The van der Waals surface area contributed by atoms with Crippen LogP contribution in [0.2, 0.25) is 0 Å². The molecule has 7 nitrogen and oxygen atoms in total. The summed E-state index contributed by atoms with van der Waals surface area (Å²) in [6, 6.07) is 4.45. The van der Waals surface area contributed by atoms with E-state index in [1.807, 2.05) is 20.8 Å². The van der Waals surface area contributed by atoms with Gasteiger partial charge in [0.15, 0.2) is 0 Å². The van der Waals surface area contributed by atoms with Crippen LogP contribution in [0.3, 0.4) is 0 Å². The van der Waals surface area contributed by atoms with Crippen LogP contribution in [-0.4, -0.2) is 28.3 Å².